The van der Waals surface area contributed by atoms with Crippen LogP contribution in [-0.4, -0.2) is 32.5 Å². The highest BCUT2D eigenvalue weighted by molar-refractivity contribution is 7.12. The number of nitrogens with zero attached hydrogens (tertiary/aromatic N) is 2. The van der Waals surface area contributed by atoms with Crippen LogP contribution in [-0.2, 0) is 0 Å². The molecule has 8 bridgehead atoms. The number of hydrogen-bond acceptors (Lipinski definition) is 6. The smallest absolute Gasteiger partial charge is 0.160 e. The van der Waals surface area contributed by atoms with Crippen molar-refractivity contribution in [2.45, 2.75) is 41.5 Å². The summed E-state index contributed by atoms with van der Waals surface area (Å²) in [6.07, 6.45) is 10.1. The van der Waals surface area contributed by atoms with Crippen molar-refractivity contribution in [1.29, 1.82) is 0 Å². The van der Waals surface area contributed by atoms with E-state index in [9.17, 15) is 9.59 Å². The molecule has 0 radical (unpaired) electrons. The summed E-state index contributed by atoms with van der Waals surface area (Å²) in [5.74, 6) is 0. The monoisotopic (exact) mass is 766 g/mol. The number of carbonyl (C=O) groups excluding carboxylic acids is 2. The zero-order valence-electron chi connectivity index (χ0n) is 31.9. The van der Waals surface area contributed by atoms with Crippen molar-refractivity contribution in [3.8, 4) is 44.5 Å². The Morgan fingerprint density at radius 2 is 0.768 bits per heavy atom. The van der Waals surface area contributed by atoms with Crippen molar-refractivity contribution in [2.75, 3.05) is 0 Å². The molecule has 2 aliphatic heterocycles. The molecule has 2 aliphatic rings. The summed E-state index contributed by atoms with van der Waals surface area (Å²) in [7, 11) is 0. The third kappa shape index (κ3) is 5.84. The van der Waals surface area contributed by atoms with Crippen LogP contribution in [0.2, 0.25) is 0 Å². The summed E-state index contributed by atoms with van der Waals surface area (Å²) in [5.41, 5.74) is 21.1. The highest BCUT2D eigenvalue weighted by atomic mass is 32.1. The van der Waals surface area contributed by atoms with E-state index >= 15 is 0 Å². The number of benzene rings is 2. The number of aromatic nitrogens is 4. The van der Waals surface area contributed by atoms with Gasteiger partial charge in [0.25, 0.3) is 0 Å². The van der Waals surface area contributed by atoms with Gasteiger partial charge in [-0.05, 0) is 146 Å². The molecule has 7 heterocycles. The van der Waals surface area contributed by atoms with E-state index in [4.69, 9.17) is 9.97 Å². The molecule has 2 N–H and O–H groups in total. The molecule has 5 aromatic heterocycles. The Bertz CT molecular complexity index is 2790. The molecule has 0 unspecified atom stereocenters. The molecule has 0 saturated heterocycles. The van der Waals surface area contributed by atoms with Gasteiger partial charge in [-0.1, -0.05) is 35.4 Å². The van der Waals surface area contributed by atoms with E-state index in [-0.39, 0.29) is 0 Å². The summed E-state index contributed by atoms with van der Waals surface area (Å²) >= 11 is 2.85. The van der Waals surface area contributed by atoms with Crippen LogP contribution in [0.3, 0.4) is 0 Å². The van der Waals surface area contributed by atoms with Crippen molar-refractivity contribution in [2.24, 2.45) is 0 Å². The van der Waals surface area contributed by atoms with Gasteiger partial charge in [0, 0.05) is 55.4 Å². The Morgan fingerprint density at radius 3 is 1.11 bits per heavy atom. The Balaban J connectivity index is 1.52. The molecule has 0 spiro atoms. The fraction of sp³-hybridized carbons (Fsp3) is 0.125. The lowest BCUT2D eigenvalue weighted by Crippen LogP contribution is -1.95. The van der Waals surface area contributed by atoms with Crippen molar-refractivity contribution in [3.05, 3.63) is 137 Å². The van der Waals surface area contributed by atoms with E-state index in [1.165, 1.54) is 33.8 Å². The number of aryl methyl sites for hydroxylation is 6. The molecule has 9 rings (SSSR count). The van der Waals surface area contributed by atoms with Gasteiger partial charge >= 0.3 is 0 Å². The van der Waals surface area contributed by atoms with Gasteiger partial charge in [0.1, 0.15) is 0 Å². The average molecular weight is 767 g/mol. The van der Waals surface area contributed by atoms with Crippen molar-refractivity contribution < 1.29 is 9.59 Å². The zero-order chi connectivity index (χ0) is 38.8. The number of thiophene rings is 2. The van der Waals surface area contributed by atoms with Crippen molar-refractivity contribution in [3.63, 3.8) is 0 Å². The highest BCUT2D eigenvalue weighted by Gasteiger charge is 2.23. The first-order chi connectivity index (χ1) is 27.1. The largest absolute Gasteiger partial charge is 0.354 e. The normalized spacial score (nSPS) is 12.1. The maximum Gasteiger partial charge on any atom is 0.160 e. The first-order valence-electron chi connectivity index (χ1n) is 18.5. The Hall–Kier alpha value is -6.22. The predicted molar refractivity (Wildman–Crippen MR) is 236 cm³/mol. The summed E-state index contributed by atoms with van der Waals surface area (Å²) in [6.45, 7) is 12.8. The van der Waals surface area contributed by atoms with Crippen LogP contribution >= 0.6 is 22.7 Å². The van der Waals surface area contributed by atoms with E-state index in [1.807, 2.05) is 22.9 Å². The molecule has 2 aromatic carbocycles. The van der Waals surface area contributed by atoms with Crippen LogP contribution in [0.1, 0.15) is 75.5 Å². The minimum absolute atomic E-state index is 0.640. The van der Waals surface area contributed by atoms with Gasteiger partial charge in [0.15, 0.2) is 12.6 Å². The minimum Gasteiger partial charge on any atom is -0.354 e. The van der Waals surface area contributed by atoms with Gasteiger partial charge in [0.05, 0.1) is 32.5 Å². The van der Waals surface area contributed by atoms with Crippen LogP contribution < -0.4 is 0 Å². The Kier molecular flexibility index (Phi) is 8.75. The molecule has 0 saturated carbocycles. The second-order valence-corrected chi connectivity index (χ2v) is 16.6. The molecule has 6 nitrogen and oxygen atoms in total. The molecule has 0 aliphatic carbocycles. The Morgan fingerprint density at radius 1 is 0.446 bits per heavy atom. The molecule has 0 fully saturated rings. The topological polar surface area (TPSA) is 91.5 Å². The average Bonchev–Trinajstić information content (AvgIpc) is 4.02. The Labute approximate surface area is 333 Å². The van der Waals surface area contributed by atoms with E-state index in [1.54, 1.807) is 0 Å². The number of aldehydes is 2. The first kappa shape index (κ1) is 35.5. The number of carbonyl (C=O) groups is 2. The minimum atomic E-state index is 0.640. The zero-order valence-corrected chi connectivity index (χ0v) is 33.6. The number of H-pyrrole nitrogens is 2. The van der Waals surface area contributed by atoms with Crippen LogP contribution in [0.25, 0.3) is 90.9 Å². The van der Waals surface area contributed by atoms with Crippen molar-refractivity contribution in [1.82, 2.24) is 19.9 Å². The second kappa shape index (κ2) is 13.8. The molecule has 0 atom stereocenters. The number of nitrogens with one attached hydrogen (secondary N) is 2. The lowest BCUT2D eigenvalue weighted by Gasteiger charge is -2.13. The van der Waals surface area contributed by atoms with Crippen LogP contribution in [0, 0.1) is 41.5 Å². The number of aromatic amines is 2. The molecule has 274 valence electrons. The van der Waals surface area contributed by atoms with Gasteiger partial charge in [-0.25, -0.2) is 9.97 Å². The molecule has 7 aromatic rings. The number of rotatable bonds is 6. The van der Waals surface area contributed by atoms with E-state index in [0.717, 1.165) is 124 Å². The van der Waals surface area contributed by atoms with Gasteiger partial charge in [-0.2, -0.15) is 0 Å². The van der Waals surface area contributed by atoms with Crippen LogP contribution in [0.15, 0.2) is 71.4 Å². The molecule has 0 amide bonds. The SMILES string of the molecule is Cc1cc(C)c(-c2c3nc(c(-c4ccsc4C=O)c4ccc([nH]4)c(-c4c(C)cc(C)cc4C)c4nc(c(-c5ccsc5C=O)c5ccc2[nH]5)C=C4)C=C3)c(C)c1. The molecule has 8 heteroatoms. The van der Waals surface area contributed by atoms with E-state index in [0.29, 0.717) is 9.75 Å². The molecular weight excluding hydrogens is 729 g/mol. The van der Waals surface area contributed by atoms with E-state index < -0.39 is 0 Å². The first-order valence-corrected chi connectivity index (χ1v) is 20.3. The molecule has 56 heavy (non-hydrogen) atoms. The van der Waals surface area contributed by atoms with Crippen LogP contribution in [0.4, 0.5) is 0 Å². The predicted octanol–water partition coefficient (Wildman–Crippen LogP) is 12.9. The number of fused-ring (bicyclic) bond motifs is 8. The van der Waals surface area contributed by atoms with Crippen molar-refractivity contribution >= 4 is 81.6 Å². The lowest BCUT2D eigenvalue weighted by atomic mass is 9.92. The maximum absolute atomic E-state index is 12.5. The number of hydrogen-bond donors (Lipinski definition) is 2. The second-order valence-electron chi connectivity index (χ2n) is 14.7. The summed E-state index contributed by atoms with van der Waals surface area (Å²) in [4.78, 5) is 44.7. The maximum atomic E-state index is 12.5. The van der Waals surface area contributed by atoms with Gasteiger partial charge in [-0.15, -0.1) is 22.7 Å². The third-order valence-corrected chi connectivity index (χ3v) is 12.4. The quantitative estimate of drug-likeness (QED) is 0.165. The third-order valence-electron chi connectivity index (χ3n) is 10.8. The fourth-order valence-electron chi connectivity index (χ4n) is 8.68. The van der Waals surface area contributed by atoms with Crippen LogP contribution in [0.5, 0.6) is 0 Å². The van der Waals surface area contributed by atoms with Gasteiger partial charge in [-0.3, -0.25) is 9.59 Å². The summed E-state index contributed by atoms with van der Waals surface area (Å²) in [5, 5.41) is 3.92. The summed E-state index contributed by atoms with van der Waals surface area (Å²) < 4.78 is 0. The summed E-state index contributed by atoms with van der Waals surface area (Å²) in [6, 6.07) is 21.2. The molecular formula is C48H38N4O2S2. The van der Waals surface area contributed by atoms with Gasteiger partial charge in [0.2, 0.25) is 0 Å². The fourth-order valence-corrected chi connectivity index (χ4v) is 10.1. The van der Waals surface area contributed by atoms with E-state index in [2.05, 4.69) is 124 Å². The standard InChI is InChI=1S/C48H38N4O2S2/c1-25-19-27(3)43(28(4)20-25)47-37-11-7-33(49-37)45(31-15-17-55-41(31)23-53)35-9-13-39(51-35)48(44-29(5)21-26(2)22-30(44)6)40-14-10-36(52-40)46(34-8-12-38(47)50-34)32-16-18-56-42(32)24-54/h7-24,49,52H,1-6H3. The highest BCUT2D eigenvalue weighted by Crippen LogP contribution is 2.42. The lowest BCUT2D eigenvalue weighted by molar-refractivity contribution is 0.111. The van der Waals surface area contributed by atoms with Gasteiger partial charge < -0.3 is 9.97 Å².